The van der Waals surface area contributed by atoms with Gasteiger partial charge in [0.25, 0.3) is 5.69 Å². The number of nitro benzene ring substituents is 1. The number of amides is 1. The number of carbonyl (C=O) groups is 1. The summed E-state index contributed by atoms with van der Waals surface area (Å²) in [5.74, 6) is -0.651. The van der Waals surface area contributed by atoms with Gasteiger partial charge in [0, 0.05) is 32.1 Å². The van der Waals surface area contributed by atoms with Crippen molar-refractivity contribution in [2.24, 2.45) is 0 Å². The van der Waals surface area contributed by atoms with Gasteiger partial charge in [0.05, 0.1) is 16.5 Å². The standard InChI is InChI=1S/C17H20N4O5/c22-16(19-11-12-5-7-18-8-6-12)2-1-9-20-14-4-3-13(21(24)25)10-15(14)26-17(20)23/h3-5,10,18H,1-2,6-9,11H2,(H,19,22). The van der Waals surface area contributed by atoms with Crippen LogP contribution in [0.5, 0.6) is 0 Å². The Hall–Kier alpha value is -2.94. The number of fused-ring (bicyclic) bond motifs is 1. The smallest absolute Gasteiger partial charge is 0.407 e. The van der Waals surface area contributed by atoms with Crippen molar-refractivity contribution in [1.29, 1.82) is 0 Å². The molecule has 0 fully saturated rings. The minimum atomic E-state index is -0.583. The molecule has 9 nitrogen and oxygen atoms in total. The van der Waals surface area contributed by atoms with E-state index in [2.05, 4.69) is 16.7 Å². The van der Waals surface area contributed by atoms with Crippen LogP contribution in [0.15, 0.2) is 39.1 Å². The topological polar surface area (TPSA) is 119 Å². The zero-order valence-electron chi connectivity index (χ0n) is 14.2. The number of oxazole rings is 1. The van der Waals surface area contributed by atoms with Crippen LogP contribution in [0.1, 0.15) is 19.3 Å². The predicted molar refractivity (Wildman–Crippen MR) is 94.9 cm³/mol. The fourth-order valence-corrected chi connectivity index (χ4v) is 2.91. The Morgan fingerprint density at radius 1 is 1.42 bits per heavy atom. The third-order valence-corrected chi connectivity index (χ3v) is 4.32. The summed E-state index contributed by atoms with van der Waals surface area (Å²) in [7, 11) is 0. The van der Waals surface area contributed by atoms with Crippen LogP contribution in [-0.4, -0.2) is 35.0 Å². The minimum absolute atomic E-state index is 0.0686. The SMILES string of the molecule is O=C(CCCn1c(=O)oc2cc([N+](=O)[O-])ccc21)NCC1=CCNCC1. The van der Waals surface area contributed by atoms with Crippen LogP contribution in [0.3, 0.4) is 0 Å². The molecule has 2 heterocycles. The summed E-state index contributed by atoms with van der Waals surface area (Å²) < 4.78 is 6.45. The summed E-state index contributed by atoms with van der Waals surface area (Å²) in [6.07, 6.45) is 3.78. The lowest BCUT2D eigenvalue weighted by atomic mass is 10.1. The van der Waals surface area contributed by atoms with Crippen molar-refractivity contribution in [3.63, 3.8) is 0 Å². The van der Waals surface area contributed by atoms with Crippen molar-refractivity contribution in [2.75, 3.05) is 19.6 Å². The molecule has 2 aromatic rings. The molecule has 26 heavy (non-hydrogen) atoms. The van der Waals surface area contributed by atoms with Crippen molar-refractivity contribution in [2.45, 2.75) is 25.8 Å². The number of rotatable bonds is 7. The highest BCUT2D eigenvalue weighted by Gasteiger charge is 2.14. The van der Waals surface area contributed by atoms with E-state index in [-0.39, 0.29) is 23.6 Å². The Kier molecular flexibility index (Phi) is 5.47. The van der Waals surface area contributed by atoms with E-state index in [1.165, 1.54) is 28.3 Å². The van der Waals surface area contributed by atoms with Gasteiger partial charge in [0.1, 0.15) is 0 Å². The number of benzene rings is 1. The summed E-state index contributed by atoms with van der Waals surface area (Å²) >= 11 is 0. The zero-order valence-corrected chi connectivity index (χ0v) is 14.2. The summed E-state index contributed by atoms with van der Waals surface area (Å²) in [6.45, 7) is 2.62. The lowest BCUT2D eigenvalue weighted by molar-refractivity contribution is -0.384. The molecule has 1 aliphatic rings. The van der Waals surface area contributed by atoms with Gasteiger partial charge in [0.15, 0.2) is 5.58 Å². The molecular weight excluding hydrogens is 340 g/mol. The Bertz CT molecular complexity index is 912. The first-order valence-electron chi connectivity index (χ1n) is 8.47. The number of aromatic nitrogens is 1. The van der Waals surface area contributed by atoms with E-state index in [1.807, 2.05) is 0 Å². The van der Waals surface area contributed by atoms with E-state index in [4.69, 9.17) is 4.42 Å². The van der Waals surface area contributed by atoms with Crippen LogP contribution in [0, 0.1) is 10.1 Å². The fourth-order valence-electron chi connectivity index (χ4n) is 2.91. The van der Waals surface area contributed by atoms with Crippen LogP contribution >= 0.6 is 0 Å². The first-order chi connectivity index (χ1) is 12.5. The zero-order chi connectivity index (χ0) is 18.5. The Balaban J connectivity index is 1.55. The number of hydrogen-bond donors (Lipinski definition) is 2. The van der Waals surface area contributed by atoms with Crippen LogP contribution in [0.4, 0.5) is 5.69 Å². The average Bonchev–Trinajstić information content (AvgIpc) is 2.95. The van der Waals surface area contributed by atoms with E-state index < -0.39 is 10.7 Å². The molecule has 2 N–H and O–H groups in total. The maximum absolute atomic E-state index is 11.9. The minimum Gasteiger partial charge on any atom is -0.407 e. The molecule has 0 saturated carbocycles. The number of nitrogens with one attached hydrogen (secondary N) is 2. The predicted octanol–water partition coefficient (Wildman–Crippen LogP) is 1.32. The molecule has 0 unspecified atom stereocenters. The molecule has 0 bridgehead atoms. The molecular formula is C17H20N4O5. The first kappa shape index (κ1) is 17.9. The Morgan fingerprint density at radius 2 is 2.27 bits per heavy atom. The number of nitrogens with zero attached hydrogens (tertiary/aromatic N) is 2. The number of aryl methyl sites for hydroxylation is 1. The summed E-state index contributed by atoms with van der Waals surface area (Å²) in [6, 6.07) is 4.04. The van der Waals surface area contributed by atoms with E-state index in [9.17, 15) is 19.7 Å². The highest BCUT2D eigenvalue weighted by Crippen LogP contribution is 2.20. The molecule has 9 heteroatoms. The van der Waals surface area contributed by atoms with Crippen LogP contribution < -0.4 is 16.4 Å². The van der Waals surface area contributed by atoms with Gasteiger partial charge >= 0.3 is 5.76 Å². The molecule has 0 saturated heterocycles. The average molecular weight is 360 g/mol. The van der Waals surface area contributed by atoms with Crippen LogP contribution in [-0.2, 0) is 11.3 Å². The molecule has 1 aromatic heterocycles. The molecule has 3 rings (SSSR count). The van der Waals surface area contributed by atoms with Crippen LogP contribution in [0.25, 0.3) is 11.1 Å². The second kappa shape index (κ2) is 7.96. The molecule has 0 spiro atoms. The van der Waals surface area contributed by atoms with E-state index >= 15 is 0 Å². The van der Waals surface area contributed by atoms with Gasteiger partial charge in [-0.05, 0) is 25.5 Å². The van der Waals surface area contributed by atoms with Gasteiger partial charge < -0.3 is 15.1 Å². The van der Waals surface area contributed by atoms with E-state index in [0.717, 1.165) is 19.5 Å². The van der Waals surface area contributed by atoms with Gasteiger partial charge in [-0.2, -0.15) is 0 Å². The third-order valence-electron chi connectivity index (χ3n) is 4.32. The lowest BCUT2D eigenvalue weighted by Gasteiger charge is -2.14. The largest absolute Gasteiger partial charge is 0.419 e. The van der Waals surface area contributed by atoms with Gasteiger partial charge in [0.2, 0.25) is 5.91 Å². The lowest BCUT2D eigenvalue weighted by Crippen LogP contribution is -2.29. The maximum atomic E-state index is 11.9. The molecule has 138 valence electrons. The normalized spacial score (nSPS) is 14.2. The van der Waals surface area contributed by atoms with E-state index in [0.29, 0.717) is 25.0 Å². The highest BCUT2D eigenvalue weighted by atomic mass is 16.6. The van der Waals surface area contributed by atoms with Crippen molar-refractivity contribution in [3.8, 4) is 0 Å². The van der Waals surface area contributed by atoms with Gasteiger partial charge in [-0.25, -0.2) is 4.79 Å². The van der Waals surface area contributed by atoms with Crippen molar-refractivity contribution in [3.05, 3.63) is 50.5 Å². The number of nitro groups is 1. The van der Waals surface area contributed by atoms with Crippen molar-refractivity contribution < 1.29 is 14.1 Å². The number of hydrogen-bond acceptors (Lipinski definition) is 6. The second-order valence-electron chi connectivity index (χ2n) is 6.13. The number of non-ortho nitro benzene ring substituents is 1. The van der Waals surface area contributed by atoms with Crippen molar-refractivity contribution in [1.82, 2.24) is 15.2 Å². The summed E-state index contributed by atoms with van der Waals surface area (Å²) in [5, 5.41) is 16.9. The molecule has 1 aromatic carbocycles. The molecule has 0 aliphatic carbocycles. The maximum Gasteiger partial charge on any atom is 0.419 e. The molecule has 1 aliphatic heterocycles. The monoisotopic (exact) mass is 360 g/mol. The first-order valence-corrected chi connectivity index (χ1v) is 8.47. The van der Waals surface area contributed by atoms with Gasteiger partial charge in [-0.3, -0.25) is 19.5 Å². The number of carbonyl (C=O) groups excluding carboxylic acids is 1. The fraction of sp³-hybridized carbons (Fsp3) is 0.412. The summed E-state index contributed by atoms with van der Waals surface area (Å²) in [4.78, 5) is 34.1. The quantitative estimate of drug-likeness (QED) is 0.437. The summed E-state index contributed by atoms with van der Waals surface area (Å²) in [5.41, 5.74) is 1.74. The molecule has 1 amide bonds. The van der Waals surface area contributed by atoms with E-state index in [1.54, 1.807) is 0 Å². The Labute approximate surface area is 148 Å². The van der Waals surface area contributed by atoms with Gasteiger partial charge in [-0.15, -0.1) is 0 Å². The Morgan fingerprint density at radius 3 is 3.00 bits per heavy atom. The van der Waals surface area contributed by atoms with Crippen LogP contribution in [0.2, 0.25) is 0 Å². The third kappa shape index (κ3) is 4.17. The van der Waals surface area contributed by atoms with Gasteiger partial charge in [-0.1, -0.05) is 11.6 Å². The molecule has 0 atom stereocenters. The highest BCUT2D eigenvalue weighted by molar-refractivity contribution is 5.77. The molecule has 0 radical (unpaired) electrons. The van der Waals surface area contributed by atoms with Crippen molar-refractivity contribution >= 4 is 22.7 Å². The second-order valence-corrected chi connectivity index (χ2v) is 6.13.